The number of likely N-dealkylation sites (tertiary alicyclic amines) is 1. The molecule has 0 spiro atoms. The van der Waals surface area contributed by atoms with Gasteiger partial charge in [-0.2, -0.15) is 0 Å². The predicted molar refractivity (Wildman–Crippen MR) is 143 cm³/mol. The molecule has 0 aliphatic carbocycles. The Hall–Kier alpha value is -1.91. The van der Waals surface area contributed by atoms with Gasteiger partial charge in [0, 0.05) is 56.3 Å². The third-order valence-electron chi connectivity index (χ3n) is 6.19. The number of halogens is 1. The Kier molecular flexibility index (Phi) is 13.3. The summed E-state index contributed by atoms with van der Waals surface area (Å²) in [4.78, 5) is 19.0. The van der Waals surface area contributed by atoms with Gasteiger partial charge in [-0.15, -0.1) is 24.0 Å². The van der Waals surface area contributed by atoms with Crippen LogP contribution in [0, 0.1) is 5.92 Å². The van der Waals surface area contributed by atoms with Gasteiger partial charge in [-0.05, 0) is 32.1 Å². The zero-order valence-corrected chi connectivity index (χ0v) is 23.2. The Balaban J connectivity index is 0.00000544. The van der Waals surface area contributed by atoms with Crippen LogP contribution in [0.15, 0.2) is 17.1 Å². The molecule has 2 rings (SSSR count). The van der Waals surface area contributed by atoms with Gasteiger partial charge in [-0.25, -0.2) is 0 Å². The molecule has 1 amide bonds. The first-order valence-electron chi connectivity index (χ1n) is 11.6. The van der Waals surface area contributed by atoms with Gasteiger partial charge in [-0.1, -0.05) is 13.8 Å². The molecule has 188 valence electrons. The summed E-state index contributed by atoms with van der Waals surface area (Å²) in [6.45, 7) is 6.44. The molecule has 0 aromatic heterocycles. The van der Waals surface area contributed by atoms with Crippen LogP contribution in [0.25, 0.3) is 0 Å². The molecule has 1 aliphatic heterocycles. The topological polar surface area (TPSA) is 84.4 Å². The molecular weight excluding hydrogens is 535 g/mol. The normalized spacial score (nSPS) is 14.5. The SMILES string of the molecule is CCC(CC)C(=O)N1CCC(NC(=NC)NCCc2c(OC)cc(OC)cc2OC)CC1.I. The summed E-state index contributed by atoms with van der Waals surface area (Å²) in [5, 5.41) is 6.89. The molecule has 0 atom stereocenters. The Morgan fingerprint density at radius 3 is 2.12 bits per heavy atom. The number of benzene rings is 1. The van der Waals surface area contributed by atoms with E-state index in [-0.39, 0.29) is 29.9 Å². The van der Waals surface area contributed by atoms with E-state index < -0.39 is 0 Å². The summed E-state index contributed by atoms with van der Waals surface area (Å²) in [6, 6.07) is 4.03. The van der Waals surface area contributed by atoms with E-state index in [0.29, 0.717) is 30.7 Å². The quantitative estimate of drug-likeness (QED) is 0.252. The molecular formula is C24H41IN4O4. The fraction of sp³-hybridized carbons (Fsp3) is 0.667. The van der Waals surface area contributed by atoms with Gasteiger partial charge >= 0.3 is 0 Å². The lowest BCUT2D eigenvalue weighted by Crippen LogP contribution is -2.50. The van der Waals surface area contributed by atoms with Crippen LogP contribution in [0.4, 0.5) is 0 Å². The Bertz CT molecular complexity index is 738. The summed E-state index contributed by atoms with van der Waals surface area (Å²) in [6.07, 6.45) is 4.38. The highest BCUT2D eigenvalue weighted by Crippen LogP contribution is 2.34. The van der Waals surface area contributed by atoms with E-state index in [4.69, 9.17) is 14.2 Å². The summed E-state index contributed by atoms with van der Waals surface area (Å²) in [5.41, 5.74) is 0.979. The van der Waals surface area contributed by atoms with E-state index in [0.717, 1.165) is 61.8 Å². The maximum absolute atomic E-state index is 12.6. The molecule has 9 heteroatoms. The minimum atomic E-state index is 0. The number of piperidine rings is 1. The van der Waals surface area contributed by atoms with E-state index in [9.17, 15) is 4.79 Å². The molecule has 0 bridgehead atoms. The molecule has 0 unspecified atom stereocenters. The summed E-state index contributed by atoms with van der Waals surface area (Å²) < 4.78 is 16.4. The van der Waals surface area contributed by atoms with Crippen molar-refractivity contribution in [3.8, 4) is 17.2 Å². The van der Waals surface area contributed by atoms with Crippen LogP contribution in [0.1, 0.15) is 45.1 Å². The van der Waals surface area contributed by atoms with Crippen molar-refractivity contribution in [3.05, 3.63) is 17.7 Å². The first-order chi connectivity index (χ1) is 15.5. The zero-order valence-electron chi connectivity index (χ0n) is 20.9. The smallest absolute Gasteiger partial charge is 0.225 e. The fourth-order valence-corrected chi connectivity index (χ4v) is 4.16. The number of hydrogen-bond acceptors (Lipinski definition) is 5. The minimum absolute atomic E-state index is 0. The molecule has 33 heavy (non-hydrogen) atoms. The van der Waals surface area contributed by atoms with Gasteiger partial charge in [0.25, 0.3) is 0 Å². The van der Waals surface area contributed by atoms with Crippen LogP contribution in [-0.4, -0.2) is 70.8 Å². The highest BCUT2D eigenvalue weighted by Gasteiger charge is 2.26. The van der Waals surface area contributed by atoms with Gasteiger partial charge < -0.3 is 29.7 Å². The average Bonchev–Trinajstić information content (AvgIpc) is 2.84. The highest BCUT2D eigenvalue weighted by molar-refractivity contribution is 14.0. The lowest BCUT2D eigenvalue weighted by Gasteiger charge is -2.34. The van der Waals surface area contributed by atoms with Crippen molar-refractivity contribution < 1.29 is 19.0 Å². The van der Waals surface area contributed by atoms with Gasteiger partial charge in [0.1, 0.15) is 17.2 Å². The van der Waals surface area contributed by atoms with Crippen molar-refractivity contribution in [2.24, 2.45) is 10.9 Å². The summed E-state index contributed by atoms with van der Waals surface area (Å²) in [7, 11) is 6.69. The molecule has 8 nitrogen and oxygen atoms in total. The first kappa shape index (κ1) is 29.1. The van der Waals surface area contributed by atoms with E-state index >= 15 is 0 Å². The average molecular weight is 577 g/mol. The summed E-state index contributed by atoms with van der Waals surface area (Å²) in [5.74, 6) is 3.39. The van der Waals surface area contributed by atoms with Crippen LogP contribution < -0.4 is 24.8 Å². The number of carbonyl (C=O) groups is 1. The Morgan fingerprint density at radius 2 is 1.67 bits per heavy atom. The van der Waals surface area contributed by atoms with Crippen LogP contribution in [0.3, 0.4) is 0 Å². The number of nitrogens with zero attached hydrogens (tertiary/aromatic N) is 2. The number of hydrogen-bond donors (Lipinski definition) is 2. The monoisotopic (exact) mass is 576 g/mol. The number of amides is 1. The molecule has 0 radical (unpaired) electrons. The second-order valence-corrected chi connectivity index (χ2v) is 8.02. The minimum Gasteiger partial charge on any atom is -0.496 e. The highest BCUT2D eigenvalue weighted by atomic mass is 127. The second-order valence-electron chi connectivity index (χ2n) is 8.02. The van der Waals surface area contributed by atoms with Gasteiger partial charge in [-0.3, -0.25) is 9.79 Å². The molecule has 1 saturated heterocycles. The molecule has 1 fully saturated rings. The van der Waals surface area contributed by atoms with Gasteiger partial charge in [0.05, 0.1) is 21.3 Å². The number of ether oxygens (including phenoxy) is 3. The van der Waals surface area contributed by atoms with Crippen molar-refractivity contribution in [2.75, 3.05) is 48.0 Å². The van der Waals surface area contributed by atoms with Crippen molar-refractivity contribution >= 4 is 35.8 Å². The van der Waals surface area contributed by atoms with Gasteiger partial charge in [0.15, 0.2) is 5.96 Å². The van der Waals surface area contributed by atoms with Gasteiger partial charge in [0.2, 0.25) is 5.91 Å². The zero-order chi connectivity index (χ0) is 23.5. The summed E-state index contributed by atoms with van der Waals surface area (Å²) >= 11 is 0. The third kappa shape index (κ3) is 8.12. The molecule has 1 aromatic rings. The van der Waals surface area contributed by atoms with E-state index in [1.54, 1.807) is 28.4 Å². The van der Waals surface area contributed by atoms with Crippen LogP contribution in [-0.2, 0) is 11.2 Å². The van der Waals surface area contributed by atoms with Crippen LogP contribution in [0.2, 0.25) is 0 Å². The Labute approximate surface area is 215 Å². The largest absolute Gasteiger partial charge is 0.496 e. The third-order valence-corrected chi connectivity index (χ3v) is 6.19. The molecule has 2 N–H and O–H groups in total. The number of methoxy groups -OCH3 is 3. The van der Waals surface area contributed by atoms with E-state index in [2.05, 4.69) is 29.5 Å². The maximum atomic E-state index is 12.6. The molecule has 0 saturated carbocycles. The van der Waals surface area contributed by atoms with Crippen LogP contribution in [0.5, 0.6) is 17.2 Å². The molecule has 1 aromatic carbocycles. The standard InChI is InChI=1S/C24H40N4O4.HI/c1-7-17(8-2)23(29)28-13-10-18(11-14-28)27-24(25-3)26-12-9-20-21(31-5)15-19(30-4)16-22(20)32-6;/h15-18H,7-14H2,1-6H3,(H2,25,26,27);1H. The van der Waals surface area contributed by atoms with Crippen molar-refractivity contribution in [1.82, 2.24) is 15.5 Å². The van der Waals surface area contributed by atoms with Crippen molar-refractivity contribution in [3.63, 3.8) is 0 Å². The second kappa shape index (κ2) is 15.1. The van der Waals surface area contributed by atoms with E-state index in [1.165, 1.54) is 0 Å². The number of guanidine groups is 1. The van der Waals surface area contributed by atoms with E-state index in [1.807, 2.05) is 17.0 Å². The number of rotatable bonds is 10. The Morgan fingerprint density at radius 1 is 1.09 bits per heavy atom. The van der Waals surface area contributed by atoms with Crippen LogP contribution >= 0.6 is 24.0 Å². The maximum Gasteiger partial charge on any atom is 0.225 e. The lowest BCUT2D eigenvalue weighted by atomic mass is 9.98. The first-order valence-corrected chi connectivity index (χ1v) is 11.6. The van der Waals surface area contributed by atoms with Crippen molar-refractivity contribution in [1.29, 1.82) is 0 Å². The van der Waals surface area contributed by atoms with Crippen molar-refractivity contribution in [2.45, 2.75) is 52.0 Å². The number of nitrogens with one attached hydrogen (secondary N) is 2. The lowest BCUT2D eigenvalue weighted by molar-refractivity contribution is -0.136. The number of aliphatic imine (C=N–C) groups is 1. The predicted octanol–water partition coefficient (Wildman–Crippen LogP) is 3.47. The molecule has 1 aliphatic rings. The number of carbonyl (C=O) groups excluding carboxylic acids is 1. The molecule has 1 heterocycles. The fourth-order valence-electron chi connectivity index (χ4n) is 4.16.